The van der Waals surface area contributed by atoms with Crippen LogP contribution in [0.15, 0.2) is 18.2 Å². The van der Waals surface area contributed by atoms with Crippen LogP contribution in [0.3, 0.4) is 0 Å². The predicted molar refractivity (Wildman–Crippen MR) is 80.7 cm³/mol. The van der Waals surface area contributed by atoms with Gasteiger partial charge in [-0.15, -0.1) is 0 Å². The van der Waals surface area contributed by atoms with Crippen LogP contribution in [-0.4, -0.2) is 11.4 Å². The lowest BCUT2D eigenvalue weighted by Gasteiger charge is -2.27. The van der Waals surface area contributed by atoms with Gasteiger partial charge in [-0.3, -0.25) is 4.90 Å². The summed E-state index contributed by atoms with van der Waals surface area (Å²) in [7, 11) is 0. The highest BCUT2D eigenvalue weighted by molar-refractivity contribution is 5.52. The van der Waals surface area contributed by atoms with Gasteiger partial charge in [0, 0.05) is 18.8 Å². The first-order chi connectivity index (χ1) is 9.22. The minimum absolute atomic E-state index is 0.965. The Morgan fingerprint density at radius 3 is 2.68 bits per heavy atom. The summed E-state index contributed by atoms with van der Waals surface area (Å²) in [4.78, 5) is 2.57. The number of anilines is 1. The molecular weight excluding hydrogens is 232 g/mol. The van der Waals surface area contributed by atoms with Gasteiger partial charge in [-0.05, 0) is 42.0 Å². The molecule has 2 aliphatic rings. The van der Waals surface area contributed by atoms with Gasteiger partial charge in [0.25, 0.3) is 0 Å². The Morgan fingerprint density at radius 2 is 1.95 bits per heavy atom. The Bertz CT molecular complexity index is 433. The molecule has 2 nitrogen and oxygen atoms in total. The van der Waals surface area contributed by atoms with E-state index in [1.807, 2.05) is 6.07 Å². The molecule has 0 saturated heterocycles. The van der Waals surface area contributed by atoms with Crippen LogP contribution in [0.5, 0.6) is 0 Å². The third-order valence-corrected chi connectivity index (χ3v) is 5.07. The standard InChI is InChI=1S/C17H26N2/c1-13-5-7-14(8-6-13)9-10-19-11-15-3-2-4-17(18)16(15)12-19/h2-4,13-14H,5-12,18H2,1H3. The maximum absolute atomic E-state index is 6.06. The lowest BCUT2D eigenvalue weighted by molar-refractivity contribution is 0.218. The minimum atomic E-state index is 0.965. The number of hydrogen-bond acceptors (Lipinski definition) is 2. The molecule has 0 aromatic heterocycles. The fourth-order valence-corrected chi connectivity index (χ4v) is 3.66. The van der Waals surface area contributed by atoms with Crippen molar-refractivity contribution in [3.05, 3.63) is 29.3 Å². The average molecular weight is 258 g/mol. The zero-order valence-corrected chi connectivity index (χ0v) is 12.1. The summed E-state index contributed by atoms with van der Waals surface area (Å²) < 4.78 is 0. The van der Waals surface area contributed by atoms with Gasteiger partial charge in [0.05, 0.1) is 0 Å². The highest BCUT2D eigenvalue weighted by atomic mass is 15.1. The molecular formula is C17H26N2. The molecule has 3 rings (SSSR count). The molecule has 104 valence electrons. The Labute approximate surface area is 117 Å². The van der Waals surface area contributed by atoms with Gasteiger partial charge >= 0.3 is 0 Å². The fourth-order valence-electron chi connectivity index (χ4n) is 3.66. The predicted octanol–water partition coefficient (Wildman–Crippen LogP) is 3.80. The molecule has 19 heavy (non-hydrogen) atoms. The number of benzene rings is 1. The van der Waals surface area contributed by atoms with Crippen molar-refractivity contribution < 1.29 is 0 Å². The summed E-state index contributed by atoms with van der Waals surface area (Å²) in [5.74, 6) is 1.93. The summed E-state index contributed by atoms with van der Waals surface area (Å²) in [6.45, 7) is 5.80. The molecule has 0 bridgehead atoms. The van der Waals surface area contributed by atoms with Crippen molar-refractivity contribution in [3.8, 4) is 0 Å². The van der Waals surface area contributed by atoms with Crippen molar-refractivity contribution in [2.45, 2.75) is 52.1 Å². The van der Waals surface area contributed by atoms with Crippen LogP contribution < -0.4 is 5.73 Å². The molecule has 0 spiro atoms. The molecule has 1 aromatic carbocycles. The number of nitrogens with two attached hydrogens (primary N) is 1. The van der Waals surface area contributed by atoms with Crippen molar-refractivity contribution in [1.82, 2.24) is 4.90 Å². The van der Waals surface area contributed by atoms with Crippen molar-refractivity contribution in [3.63, 3.8) is 0 Å². The quantitative estimate of drug-likeness (QED) is 0.836. The smallest absolute Gasteiger partial charge is 0.0363 e. The first kappa shape index (κ1) is 13.0. The summed E-state index contributed by atoms with van der Waals surface area (Å²) in [6, 6.07) is 6.35. The van der Waals surface area contributed by atoms with Gasteiger partial charge in [0.15, 0.2) is 0 Å². The molecule has 1 heterocycles. The summed E-state index contributed by atoms with van der Waals surface area (Å²) in [5.41, 5.74) is 9.86. The molecule has 0 unspecified atom stereocenters. The van der Waals surface area contributed by atoms with Crippen LogP contribution >= 0.6 is 0 Å². The van der Waals surface area contributed by atoms with E-state index in [0.717, 1.165) is 30.6 Å². The van der Waals surface area contributed by atoms with E-state index in [-0.39, 0.29) is 0 Å². The van der Waals surface area contributed by atoms with Crippen LogP contribution in [0.1, 0.15) is 50.2 Å². The Kier molecular flexibility index (Phi) is 3.79. The topological polar surface area (TPSA) is 29.3 Å². The van der Waals surface area contributed by atoms with Crippen LogP contribution in [0.4, 0.5) is 5.69 Å². The minimum Gasteiger partial charge on any atom is -0.398 e. The van der Waals surface area contributed by atoms with Crippen molar-refractivity contribution in [2.24, 2.45) is 11.8 Å². The van der Waals surface area contributed by atoms with Gasteiger partial charge in [0.1, 0.15) is 0 Å². The highest BCUT2D eigenvalue weighted by Crippen LogP contribution is 2.32. The van der Waals surface area contributed by atoms with Crippen molar-refractivity contribution in [2.75, 3.05) is 12.3 Å². The van der Waals surface area contributed by atoms with E-state index in [9.17, 15) is 0 Å². The maximum Gasteiger partial charge on any atom is 0.0363 e. The maximum atomic E-state index is 6.06. The Balaban J connectivity index is 1.50. The second-order valence-electron chi connectivity index (χ2n) is 6.61. The fraction of sp³-hybridized carbons (Fsp3) is 0.647. The zero-order chi connectivity index (χ0) is 13.2. The van der Waals surface area contributed by atoms with E-state index in [0.29, 0.717) is 0 Å². The third-order valence-electron chi connectivity index (χ3n) is 5.07. The number of fused-ring (bicyclic) bond motifs is 1. The molecule has 2 heteroatoms. The monoisotopic (exact) mass is 258 g/mol. The lowest BCUT2D eigenvalue weighted by atomic mass is 9.81. The largest absolute Gasteiger partial charge is 0.398 e. The Hall–Kier alpha value is -1.02. The molecule has 0 amide bonds. The SMILES string of the molecule is CC1CCC(CCN2Cc3cccc(N)c3C2)CC1. The highest BCUT2D eigenvalue weighted by Gasteiger charge is 2.23. The summed E-state index contributed by atoms with van der Waals surface area (Å²) in [5, 5.41) is 0. The first-order valence-corrected chi connectivity index (χ1v) is 7.81. The van der Waals surface area contributed by atoms with E-state index in [1.165, 1.54) is 49.8 Å². The second kappa shape index (κ2) is 5.54. The average Bonchev–Trinajstić information content (AvgIpc) is 2.83. The van der Waals surface area contributed by atoms with Gasteiger partial charge in [-0.2, -0.15) is 0 Å². The number of hydrogen-bond donors (Lipinski definition) is 1. The van der Waals surface area contributed by atoms with Crippen LogP contribution in [0.2, 0.25) is 0 Å². The van der Waals surface area contributed by atoms with E-state index in [1.54, 1.807) is 0 Å². The molecule has 0 radical (unpaired) electrons. The molecule has 1 aromatic rings. The van der Waals surface area contributed by atoms with Gasteiger partial charge in [0.2, 0.25) is 0 Å². The summed E-state index contributed by atoms with van der Waals surface area (Å²) in [6.07, 6.45) is 7.16. The zero-order valence-electron chi connectivity index (χ0n) is 12.1. The normalized spacial score (nSPS) is 27.4. The number of rotatable bonds is 3. The lowest BCUT2D eigenvalue weighted by Crippen LogP contribution is -2.22. The van der Waals surface area contributed by atoms with Crippen LogP contribution in [0, 0.1) is 11.8 Å². The Morgan fingerprint density at radius 1 is 1.16 bits per heavy atom. The number of nitrogens with zero attached hydrogens (tertiary/aromatic N) is 1. The van der Waals surface area contributed by atoms with Crippen LogP contribution in [-0.2, 0) is 13.1 Å². The van der Waals surface area contributed by atoms with Gasteiger partial charge in [-0.1, -0.05) is 44.7 Å². The molecule has 1 aliphatic heterocycles. The molecule has 0 atom stereocenters. The second-order valence-corrected chi connectivity index (χ2v) is 6.61. The van der Waals surface area contributed by atoms with Gasteiger partial charge < -0.3 is 5.73 Å². The molecule has 1 saturated carbocycles. The summed E-state index contributed by atoms with van der Waals surface area (Å²) >= 11 is 0. The van der Waals surface area contributed by atoms with Crippen LogP contribution in [0.25, 0.3) is 0 Å². The van der Waals surface area contributed by atoms with Crippen molar-refractivity contribution in [1.29, 1.82) is 0 Å². The molecule has 2 N–H and O–H groups in total. The van der Waals surface area contributed by atoms with E-state index >= 15 is 0 Å². The van der Waals surface area contributed by atoms with Crippen molar-refractivity contribution >= 4 is 5.69 Å². The molecule has 1 aliphatic carbocycles. The van der Waals surface area contributed by atoms with E-state index in [4.69, 9.17) is 5.73 Å². The third kappa shape index (κ3) is 2.94. The molecule has 1 fully saturated rings. The first-order valence-electron chi connectivity index (χ1n) is 7.81. The van der Waals surface area contributed by atoms with E-state index < -0.39 is 0 Å². The van der Waals surface area contributed by atoms with Gasteiger partial charge in [-0.25, -0.2) is 0 Å². The van der Waals surface area contributed by atoms with E-state index in [2.05, 4.69) is 24.0 Å². The number of nitrogen functional groups attached to an aromatic ring is 1.